The molecule has 0 aromatic rings. The quantitative estimate of drug-likeness (QED) is 0.0412. The number of methoxy groups -OCH3 is 7. The van der Waals surface area contributed by atoms with E-state index in [1.807, 2.05) is 55.4 Å². The molecule has 1 unspecified atom stereocenters. The Labute approximate surface area is 1170 Å². The number of amides is 2. The molecule has 6 N–H and O–H groups in total. The number of carbonyl (C=O) groups excluding carboxylic acids is 17. The third-order valence-corrected chi connectivity index (χ3v) is 7.18. The Kier molecular flexibility index (Phi) is 594. The second-order valence-corrected chi connectivity index (χ2v) is 25.0. The van der Waals surface area contributed by atoms with Crippen molar-refractivity contribution >= 4 is 125 Å². The Bertz CT molecular complexity index is 2230. The molecular weight excluding hydrogens is 3610 g/mol. The van der Waals surface area contributed by atoms with Crippen molar-refractivity contribution < 1.29 is 495 Å². The van der Waals surface area contributed by atoms with E-state index in [0.717, 1.165) is 0 Å². The molecule has 0 aliphatic carbocycles. The molecule has 0 bridgehead atoms. The summed E-state index contributed by atoms with van der Waals surface area (Å²) in [6.45, 7) is 94.4. The number of nitrogens with two attached hydrogens (primary N) is 2. The van der Waals surface area contributed by atoms with Gasteiger partial charge in [0.15, 0.2) is 41.8 Å². The number of ketones is 7. The maximum Gasteiger partial charge on any atom is 2.00 e. The number of hydrogen-bond acceptors (Lipinski definition) is 33. The average molecular weight is 3810 g/mol. The number of hydrogen-bond donors (Lipinski definition) is 4. The summed E-state index contributed by atoms with van der Waals surface area (Å²) in [5.41, 5.74) is 3.94. The molecule has 0 rings (SSSR count). The first-order valence-electron chi connectivity index (χ1n) is 33.3. The summed E-state index contributed by atoms with van der Waals surface area (Å²) in [7, 11) is 29.1. The Balaban J connectivity index is -0.0000000146. The van der Waals surface area contributed by atoms with Crippen molar-refractivity contribution in [1.82, 2.24) is 35.1 Å². The van der Waals surface area contributed by atoms with Crippen molar-refractivity contribution in [1.29, 1.82) is 0 Å². The Morgan fingerprint density at radius 3 is 0.472 bits per heavy atom. The van der Waals surface area contributed by atoms with Crippen LogP contribution in [0.1, 0.15) is 213 Å². The maximum absolute atomic E-state index is 10.8. The third-order valence-electron chi connectivity index (χ3n) is 5.97. The monoisotopic (exact) mass is 3810 g/mol. The van der Waals surface area contributed by atoms with E-state index in [1.54, 1.807) is 144 Å². The summed E-state index contributed by atoms with van der Waals surface area (Å²) in [5, 5.41) is 10.1. The van der Waals surface area contributed by atoms with Gasteiger partial charge in [0, 0.05) is 313 Å². The van der Waals surface area contributed by atoms with Gasteiger partial charge < -0.3 is 208 Å². The predicted octanol–water partition coefficient (Wildman–Crippen LogP) is 13.9. The minimum absolute atomic E-state index is 0. The minimum atomic E-state index is -1.18. The molecule has 144 heavy (non-hydrogen) atoms. The number of esters is 7. The Morgan fingerprint density at radius 2 is 0.451 bits per heavy atom. The molecule has 2 amide bonds. The number of likely N-dealkylation sites (N-methyl/N-ethyl adjacent to an activating group) is 7. The van der Waals surface area contributed by atoms with Gasteiger partial charge in [-0.05, 0) is 205 Å². The van der Waals surface area contributed by atoms with Gasteiger partial charge in [-0.25, -0.2) is 50.0 Å². The molecule has 7 radical (unpaired) electrons. The standard InChI is InChI=1S/C7H12NO.C6H10NO.5C5H10NO2.2C4H8NO2.C4H11NOS.7C3H5O.C2H6N.C2H6.3C2H3.CHO.10CH4.CH3.7W.7Y/c1-5-8-6(9)7(2,3)4;1-6(2,3)5(8)7-4;5*1-6(2)4-5(7)8-3;2*1-5-3-4(6)7-2;1-4(2,3)7(5)6;7*1-3(2)4;1-2-3;5*1-2;;;;;;;;;;;;;;;;;;;;;;;;;/h1-4H3;6*4H,1-3H3;2*3,5H,1-2H3;5H2,1-3H3;7*1H2,2H3;2H,3H2,1H3;1-2H3;3*1H,2H2;1H;10*1H4;1H3;;;;;;;;;;;;;;/q9*-1;;8*-1;;4*-1;;;;;;;;;;;-1;;;;;3*+2;;;;;;;. The van der Waals surface area contributed by atoms with Gasteiger partial charge in [-0.15, -0.1) is 6.92 Å². The fraction of sp³-hybridized carbons (Fsp3) is 0.559. The van der Waals surface area contributed by atoms with Gasteiger partial charge >= 0.3 is 63.2 Å². The van der Waals surface area contributed by atoms with Crippen molar-refractivity contribution in [3.05, 3.63) is 148 Å². The molecule has 861 valence electrons. The molecule has 36 nitrogen and oxygen atoms in total. The second-order valence-electron chi connectivity index (χ2n) is 23.2. The normalized spacial score (nSPS) is 6.93. The van der Waals surface area contributed by atoms with Gasteiger partial charge in [0.1, 0.15) is 0 Å². The van der Waals surface area contributed by atoms with Crippen molar-refractivity contribution in [3.63, 3.8) is 0 Å². The fourth-order valence-corrected chi connectivity index (χ4v) is 2.13. The van der Waals surface area contributed by atoms with Crippen molar-refractivity contribution in [2.75, 3.05) is 134 Å². The van der Waals surface area contributed by atoms with Gasteiger partial charge in [0.05, 0.1) is 77.3 Å². The summed E-state index contributed by atoms with van der Waals surface area (Å²) in [6, 6.07) is 0. The first-order valence-corrected chi connectivity index (χ1v) is 34.5. The molecule has 0 saturated carbocycles. The van der Waals surface area contributed by atoms with Crippen LogP contribution in [-0.4, -0.2) is 282 Å². The van der Waals surface area contributed by atoms with Crippen LogP contribution in [0.25, 0.3) is 0 Å². The van der Waals surface area contributed by atoms with Crippen molar-refractivity contribution in [3.8, 4) is 0 Å². The molecular formula is C93H199N11O25SW7Y7-16. The zero-order chi connectivity index (χ0) is 102. The number of Topliss-reactive ketones (excluding diaryl/α,β-unsaturated/α-hetero) is 7. The molecule has 0 aromatic carbocycles. The van der Waals surface area contributed by atoms with Crippen LogP contribution >= 0.6 is 0 Å². The molecule has 0 aliphatic heterocycles. The van der Waals surface area contributed by atoms with Gasteiger partial charge in [-0.3, -0.25) is 71.8 Å². The van der Waals surface area contributed by atoms with Crippen LogP contribution in [0.2, 0.25) is 0 Å². The number of aliphatic imine (C=N–C) groups is 2. The van der Waals surface area contributed by atoms with Crippen molar-refractivity contribution in [2.45, 2.75) is 217 Å². The van der Waals surface area contributed by atoms with E-state index in [9.17, 15) is 80.9 Å². The van der Waals surface area contributed by atoms with Gasteiger partial charge in [-0.2, -0.15) is 19.9 Å². The minimum Gasteiger partial charge on any atom is -0.545 e. The van der Waals surface area contributed by atoms with E-state index in [-0.39, 0.29) is 562 Å². The largest absolute Gasteiger partial charge is 2.00 e. The zero-order valence-electron chi connectivity index (χ0n) is 87.4. The molecule has 0 fully saturated rings. The molecule has 0 aromatic heterocycles. The summed E-state index contributed by atoms with van der Waals surface area (Å²) in [6.07, 6.45) is 2.45. The summed E-state index contributed by atoms with van der Waals surface area (Å²) in [4.78, 5) is 181. The molecule has 0 spiro atoms. The van der Waals surface area contributed by atoms with E-state index in [1.165, 1.54) is 151 Å². The van der Waals surface area contributed by atoms with E-state index in [4.69, 9.17) is 22.4 Å². The average Bonchev–Trinajstić information content (AvgIpc) is 0.928. The predicted molar refractivity (Wildman–Crippen MR) is 551 cm³/mol. The van der Waals surface area contributed by atoms with Crippen LogP contribution in [0.15, 0.2) is 29.7 Å². The summed E-state index contributed by atoms with van der Waals surface area (Å²) >= 11 is 0. The summed E-state index contributed by atoms with van der Waals surface area (Å²) < 4.78 is 40.2. The fourth-order valence-electron chi connectivity index (χ4n) is 2.13. The second kappa shape index (κ2) is 268. The molecule has 0 aliphatic rings. The number of carbonyl (C=O) groups is 16. The molecule has 51 heteroatoms. The Hall–Kier alpha value is 2.07. The van der Waals surface area contributed by atoms with Crippen LogP contribution in [0, 0.1) is 139 Å². The van der Waals surface area contributed by atoms with Crippen molar-refractivity contribution in [2.24, 2.45) is 31.7 Å². The number of rotatable bonds is 14. The Morgan fingerprint density at radius 1 is 0.354 bits per heavy atom. The van der Waals surface area contributed by atoms with E-state index in [2.05, 4.69) is 155 Å². The first-order chi connectivity index (χ1) is 53.9. The van der Waals surface area contributed by atoms with Crippen LogP contribution in [-0.2, 0) is 502 Å². The van der Waals surface area contributed by atoms with Crippen LogP contribution in [0.3, 0.4) is 0 Å². The van der Waals surface area contributed by atoms with E-state index >= 15 is 0 Å². The third kappa shape index (κ3) is 697. The first kappa shape index (κ1) is 320. The van der Waals surface area contributed by atoms with E-state index < -0.39 is 16.4 Å². The smallest absolute Gasteiger partial charge is 0.545 e. The number of nitrogens with one attached hydrogen (secondary N) is 2. The van der Waals surface area contributed by atoms with Crippen LogP contribution < -0.4 is 21.5 Å². The van der Waals surface area contributed by atoms with Crippen LogP contribution in [0.5, 0.6) is 0 Å². The molecule has 1 atom stereocenters. The van der Waals surface area contributed by atoms with Gasteiger partial charge in [0.2, 0.25) is 0 Å². The molecule has 0 saturated heterocycles. The van der Waals surface area contributed by atoms with E-state index in [0.29, 0.717) is 0 Å². The summed E-state index contributed by atoms with van der Waals surface area (Å²) in [5.74, 6) is -3.31. The zero-order valence-corrected chi connectivity index (χ0v) is 129. The number of ether oxygens (including phenoxy) is 7. The number of nitrogens with zero attached hydrogens (tertiary/aromatic N) is 7. The SMILES string of the molecule is C.C.C.C.C.C.C.C.C.C.CC.CC(C)(C)S(N)=O.CN[CH-]C(=O)OC.CN[CH-]C(=O)OC.COC(=O)[CH-]N(C)C.COC(=O)[CH-]N(C)C.COC(=O)[CH-]N(C)C.COC(=O)[CH-]N(C)C.COC(=O)[CH-]N(C)C.C[C-]=NC(=O)C(C)(C)C.C[CH-]N.[CH-]=C.[CH-]=C.[CH-]=C.[CH-]=NC(=O)C(C)(C)C.[CH-]=O.[CH2-]C(C)=O.[CH2-]C(C)=O.[CH2-]C(C)=O.[CH2-]C(C)=O.[CH2-]C(C)=O.[CH2-]C(C)=O.[CH2-]C(C)=O.[CH3-].[W+2].[W+2].[W+2].[W].[W].[W].[W].[Y].[Y].[Y].[Y].[Y].[Y].[Y]. The molecule has 0 heterocycles. The topological polar surface area (TPSA) is 489 Å². The van der Waals surface area contributed by atoms with Gasteiger partial charge in [-0.1, -0.05) is 130 Å². The maximum atomic E-state index is 10.8. The van der Waals surface area contributed by atoms with Crippen LogP contribution in [0.4, 0.5) is 0 Å². The van der Waals surface area contributed by atoms with Gasteiger partial charge in [0.25, 0.3) is 0 Å².